The molecule has 1 aliphatic carbocycles. The lowest BCUT2D eigenvalue weighted by Gasteiger charge is -2.29. The molecule has 0 radical (unpaired) electrons. The topological polar surface area (TPSA) is 104 Å². The van der Waals surface area contributed by atoms with Crippen molar-refractivity contribution in [2.75, 3.05) is 12.4 Å². The normalized spacial score (nSPS) is 18.4. The van der Waals surface area contributed by atoms with Crippen molar-refractivity contribution in [2.24, 2.45) is 0 Å². The fraction of sp³-hybridized carbons (Fsp3) is 0.346. The van der Waals surface area contributed by atoms with Crippen molar-refractivity contribution < 1.29 is 18.7 Å². The van der Waals surface area contributed by atoms with Gasteiger partial charge < -0.3 is 19.8 Å². The van der Waals surface area contributed by atoms with Gasteiger partial charge in [-0.1, -0.05) is 54.9 Å². The Morgan fingerprint density at radius 3 is 2.62 bits per heavy atom. The van der Waals surface area contributed by atoms with Gasteiger partial charge >= 0.3 is 5.97 Å². The maximum Gasteiger partial charge on any atom is 0.337 e. The van der Waals surface area contributed by atoms with Gasteiger partial charge in [0.25, 0.3) is 0 Å². The first-order valence-electron chi connectivity index (χ1n) is 11.5. The van der Waals surface area contributed by atoms with Crippen molar-refractivity contribution in [3.63, 3.8) is 0 Å². The molecule has 2 aliphatic rings. The molecule has 1 aromatic heterocycles. The van der Waals surface area contributed by atoms with Crippen LogP contribution in [0.15, 0.2) is 69.3 Å². The summed E-state index contributed by atoms with van der Waals surface area (Å²) in [6.07, 6.45) is 5.79. The summed E-state index contributed by atoms with van der Waals surface area (Å²) in [6, 6.07) is 15.3. The molecule has 1 atom stereocenters. The van der Waals surface area contributed by atoms with Crippen molar-refractivity contribution in [1.82, 2.24) is 10.6 Å². The van der Waals surface area contributed by atoms with Crippen molar-refractivity contribution in [2.45, 2.75) is 44.6 Å². The molecule has 1 amide bonds. The van der Waals surface area contributed by atoms with Crippen LogP contribution in [0.4, 0.5) is 0 Å². The van der Waals surface area contributed by atoms with E-state index in [4.69, 9.17) is 9.15 Å². The Morgan fingerprint density at radius 2 is 1.97 bits per heavy atom. The largest absolute Gasteiger partial charge is 0.468 e. The number of rotatable bonds is 8. The molecule has 7 nitrogen and oxygen atoms in total. The van der Waals surface area contributed by atoms with Gasteiger partial charge in [-0.15, -0.1) is 0 Å². The number of dihydropyridines is 1. The minimum absolute atomic E-state index is 0.0699. The maximum atomic E-state index is 13.2. The molecule has 1 fully saturated rings. The summed E-state index contributed by atoms with van der Waals surface area (Å²) < 4.78 is 11.0. The number of furan rings is 1. The zero-order valence-corrected chi connectivity index (χ0v) is 19.8. The molecule has 0 saturated heterocycles. The van der Waals surface area contributed by atoms with E-state index in [-0.39, 0.29) is 24.3 Å². The summed E-state index contributed by atoms with van der Waals surface area (Å²) in [5.41, 5.74) is 1.93. The van der Waals surface area contributed by atoms with Crippen LogP contribution in [-0.4, -0.2) is 30.3 Å². The van der Waals surface area contributed by atoms with E-state index in [0.717, 1.165) is 31.2 Å². The predicted octanol–water partition coefficient (Wildman–Crippen LogP) is 4.47. The fourth-order valence-electron chi connectivity index (χ4n) is 4.38. The molecule has 8 heteroatoms. The second-order valence-electron chi connectivity index (χ2n) is 8.14. The summed E-state index contributed by atoms with van der Waals surface area (Å²) in [5, 5.41) is 17.0. The highest BCUT2D eigenvalue weighted by atomic mass is 32.2. The van der Waals surface area contributed by atoms with Crippen LogP contribution in [0, 0.1) is 11.3 Å². The third-order valence-corrected chi connectivity index (χ3v) is 6.92. The van der Waals surface area contributed by atoms with Crippen LogP contribution in [0.1, 0.15) is 49.8 Å². The van der Waals surface area contributed by atoms with Crippen LogP contribution >= 0.6 is 11.8 Å². The molecule has 1 aliphatic heterocycles. The van der Waals surface area contributed by atoms with Crippen LogP contribution in [-0.2, 0) is 14.3 Å². The number of carbonyl (C=O) groups is 2. The quantitative estimate of drug-likeness (QED) is 0.541. The molecule has 2 heterocycles. The Kier molecular flexibility index (Phi) is 7.76. The number of hydrogen-bond acceptors (Lipinski definition) is 7. The third kappa shape index (κ3) is 5.20. The highest BCUT2D eigenvalue weighted by Gasteiger charge is 2.39. The summed E-state index contributed by atoms with van der Waals surface area (Å²) in [6.45, 7) is 1.94. The maximum absolute atomic E-state index is 13.2. The number of amides is 1. The Hall–Kier alpha value is -3.44. The van der Waals surface area contributed by atoms with E-state index in [0.29, 0.717) is 27.6 Å². The van der Waals surface area contributed by atoms with Gasteiger partial charge in [0.1, 0.15) is 5.76 Å². The minimum atomic E-state index is -0.754. The Balaban J connectivity index is 1.71. The molecule has 34 heavy (non-hydrogen) atoms. The van der Waals surface area contributed by atoms with Crippen LogP contribution in [0.3, 0.4) is 0 Å². The highest BCUT2D eigenvalue weighted by Crippen LogP contribution is 2.43. The number of esters is 1. The van der Waals surface area contributed by atoms with Gasteiger partial charge in [-0.3, -0.25) is 4.79 Å². The van der Waals surface area contributed by atoms with E-state index in [1.165, 1.54) is 18.0 Å². The Morgan fingerprint density at radius 1 is 1.21 bits per heavy atom. The average Bonchev–Trinajstić information content (AvgIpc) is 3.57. The van der Waals surface area contributed by atoms with Gasteiger partial charge in [0.2, 0.25) is 5.91 Å². The van der Waals surface area contributed by atoms with Gasteiger partial charge in [0.05, 0.1) is 52.5 Å². The first-order valence-corrected chi connectivity index (χ1v) is 12.4. The van der Waals surface area contributed by atoms with Gasteiger partial charge in [-0.05, 0) is 37.5 Å². The third-order valence-electron chi connectivity index (χ3n) is 5.90. The number of allylic oxidation sites excluding steroid dienone is 1. The number of thioether (sulfide) groups is 1. The smallest absolute Gasteiger partial charge is 0.337 e. The molecule has 0 bridgehead atoms. The lowest BCUT2D eigenvalue weighted by molar-refractivity contribution is -0.138. The number of nitrogens with zero attached hydrogens (tertiary/aromatic N) is 1. The molecule has 1 aromatic carbocycles. The van der Waals surface area contributed by atoms with Gasteiger partial charge in [0.15, 0.2) is 0 Å². The number of hydrogen-bond donors (Lipinski definition) is 2. The molecular formula is C26H27N3O4S. The van der Waals surface area contributed by atoms with Gasteiger partial charge in [-0.25, -0.2) is 4.79 Å². The first kappa shape index (κ1) is 23.7. The zero-order chi connectivity index (χ0) is 23.9. The number of ether oxygens (including phenoxy) is 1. The fourth-order valence-corrected chi connectivity index (χ4v) is 5.23. The van der Waals surface area contributed by atoms with E-state index in [9.17, 15) is 14.9 Å². The summed E-state index contributed by atoms with van der Waals surface area (Å²) in [4.78, 5) is 25.7. The number of nitrogens with one attached hydrogen (secondary N) is 2. The van der Waals surface area contributed by atoms with Crippen molar-refractivity contribution >= 4 is 29.3 Å². The van der Waals surface area contributed by atoms with Crippen LogP contribution < -0.4 is 10.6 Å². The van der Waals surface area contributed by atoms with Gasteiger partial charge in [0, 0.05) is 6.04 Å². The number of benzene rings is 1. The lowest BCUT2D eigenvalue weighted by atomic mass is 9.84. The van der Waals surface area contributed by atoms with Crippen LogP contribution in [0.25, 0.3) is 5.70 Å². The minimum Gasteiger partial charge on any atom is -0.468 e. The van der Waals surface area contributed by atoms with Crippen LogP contribution in [0.5, 0.6) is 0 Å². The molecule has 4 rings (SSSR count). The molecule has 2 aromatic rings. The second-order valence-corrected chi connectivity index (χ2v) is 9.13. The number of nitriles is 1. The van der Waals surface area contributed by atoms with Crippen molar-refractivity contribution in [3.8, 4) is 6.07 Å². The van der Waals surface area contributed by atoms with Crippen LogP contribution in [0.2, 0.25) is 0 Å². The molecule has 0 unspecified atom stereocenters. The SMILES string of the molecule is CCOC(=O)C1=C(c2ccccc2)NC(SCC(=O)NC2CCCC2)=C(C#N)[C@@H]1c1ccco1. The summed E-state index contributed by atoms with van der Waals surface area (Å²) in [7, 11) is 0. The summed E-state index contributed by atoms with van der Waals surface area (Å²) >= 11 is 1.25. The number of carbonyl (C=O) groups excluding carboxylic acids is 2. The van der Waals surface area contributed by atoms with Crippen molar-refractivity contribution in [1.29, 1.82) is 5.26 Å². The zero-order valence-electron chi connectivity index (χ0n) is 19.0. The van der Waals surface area contributed by atoms with E-state index in [1.807, 2.05) is 30.3 Å². The monoisotopic (exact) mass is 477 g/mol. The molecule has 1 saturated carbocycles. The second kappa shape index (κ2) is 11.1. The summed E-state index contributed by atoms with van der Waals surface area (Å²) in [5.74, 6) is -0.726. The van der Waals surface area contributed by atoms with Crippen molar-refractivity contribution in [3.05, 3.63) is 76.2 Å². The molecular weight excluding hydrogens is 450 g/mol. The highest BCUT2D eigenvalue weighted by molar-refractivity contribution is 8.03. The average molecular weight is 478 g/mol. The standard InChI is InChI=1S/C26H27N3O4S/c1-2-32-26(31)23-22(20-13-8-14-33-20)19(15-27)25(29-24(23)17-9-4-3-5-10-17)34-16-21(30)28-18-11-6-7-12-18/h3-5,8-10,13-14,18,22,29H,2,6-7,11-12,16H2,1H3,(H,28,30)/t22-/m1/s1. The Bertz CT molecular complexity index is 1130. The first-order chi connectivity index (χ1) is 16.6. The molecule has 0 spiro atoms. The van der Waals surface area contributed by atoms with E-state index in [2.05, 4.69) is 16.7 Å². The van der Waals surface area contributed by atoms with E-state index in [1.54, 1.807) is 19.1 Å². The Labute approximate surface area is 203 Å². The van der Waals surface area contributed by atoms with Gasteiger partial charge in [-0.2, -0.15) is 5.26 Å². The predicted molar refractivity (Wildman–Crippen MR) is 130 cm³/mol. The lowest BCUT2D eigenvalue weighted by Crippen LogP contribution is -2.34. The van der Waals surface area contributed by atoms with E-state index < -0.39 is 11.9 Å². The molecule has 176 valence electrons. The van der Waals surface area contributed by atoms with E-state index >= 15 is 0 Å². The molecule has 2 N–H and O–H groups in total.